The van der Waals surface area contributed by atoms with Crippen molar-refractivity contribution in [3.63, 3.8) is 0 Å². The van der Waals surface area contributed by atoms with Crippen molar-refractivity contribution in [2.75, 3.05) is 13.1 Å². The van der Waals surface area contributed by atoms with E-state index >= 15 is 0 Å². The first-order chi connectivity index (χ1) is 17.1. The van der Waals surface area contributed by atoms with Gasteiger partial charge in [-0.1, -0.05) is 18.2 Å². The van der Waals surface area contributed by atoms with Crippen LogP contribution in [0.2, 0.25) is 0 Å². The van der Waals surface area contributed by atoms with Crippen LogP contribution in [0.3, 0.4) is 0 Å². The van der Waals surface area contributed by atoms with Crippen molar-refractivity contribution in [1.29, 1.82) is 5.26 Å². The van der Waals surface area contributed by atoms with E-state index in [0.29, 0.717) is 5.92 Å². The topological polar surface area (TPSA) is 73.5 Å². The smallest absolute Gasteiger partial charge is 0.140 e. The minimum Gasteiger partial charge on any atom is -0.331 e. The van der Waals surface area contributed by atoms with E-state index in [1.807, 2.05) is 24.5 Å². The first-order valence-corrected chi connectivity index (χ1v) is 12.2. The molecule has 0 bridgehead atoms. The number of rotatable bonds is 4. The number of benzene rings is 2. The molecule has 3 aromatic heterocycles. The van der Waals surface area contributed by atoms with Gasteiger partial charge in [-0.15, -0.1) is 0 Å². The van der Waals surface area contributed by atoms with Crippen molar-refractivity contribution in [2.24, 2.45) is 7.05 Å². The van der Waals surface area contributed by atoms with Crippen molar-refractivity contribution in [1.82, 2.24) is 24.6 Å². The lowest BCUT2D eigenvalue weighted by Gasteiger charge is -2.32. The average Bonchev–Trinajstić information content (AvgIpc) is 3.48. The Morgan fingerprint density at radius 3 is 2.63 bits per heavy atom. The number of H-pyrrole nitrogens is 1. The molecule has 1 N–H and O–H groups in total. The summed E-state index contributed by atoms with van der Waals surface area (Å²) >= 11 is 0. The molecule has 35 heavy (non-hydrogen) atoms. The highest BCUT2D eigenvalue weighted by molar-refractivity contribution is 5.97. The van der Waals surface area contributed by atoms with Crippen LogP contribution in [0.4, 0.5) is 0 Å². The fourth-order valence-corrected chi connectivity index (χ4v) is 5.54. The number of fused-ring (bicyclic) bond motifs is 2. The standard InChI is InChI=1S/C29H28N6/c1-19-16-31-29-26(28(19)23-7-8-27-24(13-23)17-32-33-27)14-25(34(29)2)18-35-11-9-22(10-12-35)21-5-3-20(15-30)4-6-21/h3-8,13-14,16-17,22H,9-12,18H2,1-2H3,(H,32,33). The average molecular weight is 461 g/mol. The second-order valence-electron chi connectivity index (χ2n) is 9.70. The molecule has 1 aliphatic rings. The molecule has 6 rings (SSSR count). The Hall–Kier alpha value is -3.95. The number of nitriles is 1. The lowest BCUT2D eigenvalue weighted by Crippen LogP contribution is -2.33. The Morgan fingerprint density at radius 2 is 1.86 bits per heavy atom. The first kappa shape index (κ1) is 21.6. The molecule has 0 unspecified atom stereocenters. The molecule has 6 nitrogen and oxygen atoms in total. The van der Waals surface area contributed by atoms with Gasteiger partial charge in [0.25, 0.3) is 0 Å². The minimum atomic E-state index is 0.570. The molecule has 1 fully saturated rings. The van der Waals surface area contributed by atoms with Crippen molar-refractivity contribution >= 4 is 21.9 Å². The Morgan fingerprint density at radius 1 is 1.06 bits per heavy atom. The second kappa shape index (κ2) is 8.68. The van der Waals surface area contributed by atoms with Crippen LogP contribution < -0.4 is 0 Å². The largest absolute Gasteiger partial charge is 0.331 e. The molecule has 6 heteroatoms. The zero-order valence-electron chi connectivity index (χ0n) is 20.1. The molecule has 0 saturated carbocycles. The molecule has 174 valence electrons. The van der Waals surface area contributed by atoms with Crippen LogP contribution in [0.15, 0.2) is 60.9 Å². The van der Waals surface area contributed by atoms with Crippen LogP contribution in [0.1, 0.15) is 41.1 Å². The molecule has 1 aliphatic heterocycles. The molecule has 5 aromatic rings. The SMILES string of the molecule is Cc1cnc2c(cc(CN3CCC(c4ccc(C#N)cc4)CC3)n2C)c1-c1ccc2[nH]ncc2c1. The number of aryl methyl sites for hydroxylation is 2. The molecular weight excluding hydrogens is 432 g/mol. The predicted molar refractivity (Wildman–Crippen MR) is 139 cm³/mol. The van der Waals surface area contributed by atoms with Crippen molar-refractivity contribution in [3.8, 4) is 17.2 Å². The summed E-state index contributed by atoms with van der Waals surface area (Å²) in [5.74, 6) is 0.570. The Labute approximate surface area is 204 Å². The van der Waals surface area contributed by atoms with E-state index < -0.39 is 0 Å². The highest BCUT2D eigenvalue weighted by atomic mass is 15.2. The lowest BCUT2D eigenvalue weighted by molar-refractivity contribution is 0.201. The van der Waals surface area contributed by atoms with Crippen molar-refractivity contribution in [2.45, 2.75) is 32.2 Å². The molecule has 0 radical (unpaired) electrons. The fraction of sp³-hybridized carbons (Fsp3) is 0.276. The maximum Gasteiger partial charge on any atom is 0.140 e. The number of nitrogens with zero attached hydrogens (tertiary/aromatic N) is 5. The number of hydrogen-bond acceptors (Lipinski definition) is 4. The third-order valence-electron chi connectivity index (χ3n) is 7.56. The molecule has 0 spiro atoms. The van der Waals surface area contributed by atoms with Crippen LogP contribution in [-0.4, -0.2) is 37.7 Å². The van der Waals surface area contributed by atoms with Gasteiger partial charge in [0.1, 0.15) is 5.65 Å². The molecule has 0 atom stereocenters. The normalized spacial score (nSPS) is 15.1. The molecule has 4 heterocycles. The predicted octanol–water partition coefficient (Wildman–Crippen LogP) is 5.68. The molecule has 2 aromatic carbocycles. The van der Waals surface area contributed by atoms with E-state index in [2.05, 4.69) is 76.1 Å². The van der Waals surface area contributed by atoms with Crippen molar-refractivity contribution in [3.05, 3.63) is 83.3 Å². The van der Waals surface area contributed by atoms with Gasteiger partial charge >= 0.3 is 0 Å². The Balaban J connectivity index is 1.25. The number of likely N-dealkylation sites (tertiary alicyclic amines) is 1. The zero-order chi connectivity index (χ0) is 23.9. The van der Waals surface area contributed by atoms with Gasteiger partial charge in [-0.3, -0.25) is 10.00 Å². The summed E-state index contributed by atoms with van der Waals surface area (Å²) in [6.07, 6.45) is 6.15. The minimum absolute atomic E-state index is 0.570. The maximum absolute atomic E-state index is 9.05. The number of aromatic nitrogens is 4. The van der Waals surface area contributed by atoms with Gasteiger partial charge < -0.3 is 4.57 Å². The third kappa shape index (κ3) is 3.88. The van der Waals surface area contributed by atoms with Crippen LogP contribution in [0, 0.1) is 18.3 Å². The first-order valence-electron chi connectivity index (χ1n) is 12.2. The number of aromatic amines is 1. The van der Waals surface area contributed by atoms with Gasteiger partial charge in [0.2, 0.25) is 0 Å². The van der Waals surface area contributed by atoms with Crippen LogP contribution in [0.5, 0.6) is 0 Å². The number of nitrogens with one attached hydrogen (secondary N) is 1. The number of piperidine rings is 1. The zero-order valence-corrected chi connectivity index (χ0v) is 20.1. The summed E-state index contributed by atoms with van der Waals surface area (Å²) < 4.78 is 2.25. The van der Waals surface area contributed by atoms with Gasteiger partial charge in [0.05, 0.1) is 23.3 Å². The fourth-order valence-electron chi connectivity index (χ4n) is 5.54. The highest BCUT2D eigenvalue weighted by Gasteiger charge is 2.22. The maximum atomic E-state index is 9.05. The summed E-state index contributed by atoms with van der Waals surface area (Å²) in [5, 5.41) is 18.6. The molecule has 0 aliphatic carbocycles. The van der Waals surface area contributed by atoms with Gasteiger partial charge in [-0.25, -0.2) is 4.98 Å². The summed E-state index contributed by atoms with van der Waals surface area (Å²) in [5.41, 5.74) is 9.09. The van der Waals surface area contributed by atoms with E-state index in [9.17, 15) is 0 Å². The highest BCUT2D eigenvalue weighted by Crippen LogP contribution is 2.35. The lowest BCUT2D eigenvalue weighted by atomic mass is 9.89. The summed E-state index contributed by atoms with van der Waals surface area (Å²) in [6, 6.07) is 19.1. The van der Waals surface area contributed by atoms with Gasteiger partial charge in [0, 0.05) is 36.3 Å². The Kier molecular flexibility index (Phi) is 5.35. The quantitative estimate of drug-likeness (QED) is 0.375. The van der Waals surface area contributed by atoms with Gasteiger partial charge in [-0.2, -0.15) is 10.4 Å². The summed E-state index contributed by atoms with van der Waals surface area (Å²) in [4.78, 5) is 7.36. The third-order valence-corrected chi connectivity index (χ3v) is 7.56. The van der Waals surface area contributed by atoms with E-state index in [0.717, 1.165) is 54.6 Å². The van der Waals surface area contributed by atoms with Gasteiger partial charge in [-0.05, 0) is 91.4 Å². The molecule has 1 saturated heterocycles. The molecule has 0 amide bonds. The summed E-state index contributed by atoms with van der Waals surface area (Å²) in [6.45, 7) is 5.21. The van der Waals surface area contributed by atoms with E-state index in [1.54, 1.807) is 0 Å². The van der Waals surface area contributed by atoms with E-state index in [4.69, 9.17) is 10.2 Å². The van der Waals surface area contributed by atoms with E-state index in [-0.39, 0.29) is 0 Å². The summed E-state index contributed by atoms with van der Waals surface area (Å²) in [7, 11) is 2.13. The van der Waals surface area contributed by atoms with Gasteiger partial charge in [0.15, 0.2) is 0 Å². The van der Waals surface area contributed by atoms with Crippen LogP contribution in [0.25, 0.3) is 33.1 Å². The molecular formula is C29H28N6. The van der Waals surface area contributed by atoms with E-state index in [1.165, 1.54) is 33.3 Å². The van der Waals surface area contributed by atoms with Crippen molar-refractivity contribution < 1.29 is 0 Å². The second-order valence-corrected chi connectivity index (χ2v) is 9.70. The monoisotopic (exact) mass is 460 g/mol. The number of pyridine rings is 1. The number of hydrogen-bond donors (Lipinski definition) is 1. The van der Waals surface area contributed by atoms with Crippen LogP contribution >= 0.6 is 0 Å². The Bertz CT molecular complexity index is 1560. The van der Waals surface area contributed by atoms with Crippen LogP contribution in [-0.2, 0) is 13.6 Å².